The number of hydrogen-bond donors (Lipinski definition) is 3. The molecule has 9 nitrogen and oxygen atoms in total. The minimum atomic E-state index is -0.469. The van der Waals surface area contributed by atoms with E-state index in [1.54, 1.807) is 48.5 Å². The van der Waals surface area contributed by atoms with Crippen molar-refractivity contribution in [1.82, 2.24) is 0 Å². The number of carbonyl (C=O) groups is 1. The molecule has 0 aliphatic heterocycles. The molecular weight excluding hydrogens is 446 g/mol. The number of ether oxygens (including phenoxy) is 2. The van der Waals surface area contributed by atoms with Gasteiger partial charge in [-0.1, -0.05) is 17.8 Å². The molecule has 172 valence electrons. The molecule has 0 aliphatic rings. The second kappa shape index (κ2) is 11.2. The van der Waals surface area contributed by atoms with E-state index in [1.807, 2.05) is 0 Å². The monoisotopic (exact) mass is 469 g/mol. The van der Waals surface area contributed by atoms with E-state index in [0.717, 1.165) is 4.90 Å². The average molecular weight is 470 g/mol. The number of amides is 1. The lowest BCUT2D eigenvalue weighted by Gasteiger charge is -2.15. The molecule has 0 aromatic heterocycles. The number of aliphatic hydroxyl groups is 1. The molecule has 3 aromatic rings. The van der Waals surface area contributed by atoms with Gasteiger partial charge in [0.15, 0.2) is 0 Å². The number of methoxy groups -OCH3 is 1. The summed E-state index contributed by atoms with van der Waals surface area (Å²) in [6, 6.07) is 16.2. The van der Waals surface area contributed by atoms with Crippen molar-refractivity contribution in [2.24, 2.45) is 0 Å². The highest BCUT2D eigenvalue weighted by molar-refractivity contribution is 7.99. The van der Waals surface area contributed by atoms with Crippen LogP contribution in [0.25, 0.3) is 0 Å². The van der Waals surface area contributed by atoms with Crippen LogP contribution in [-0.2, 0) is 0 Å². The van der Waals surface area contributed by atoms with Gasteiger partial charge in [0.2, 0.25) is 0 Å². The van der Waals surface area contributed by atoms with Crippen molar-refractivity contribution >= 4 is 34.7 Å². The molecule has 0 radical (unpaired) electrons. The van der Waals surface area contributed by atoms with E-state index >= 15 is 0 Å². The van der Waals surface area contributed by atoms with Gasteiger partial charge in [0.25, 0.3) is 11.6 Å². The lowest BCUT2D eigenvalue weighted by Crippen LogP contribution is -2.16. The molecule has 0 aliphatic carbocycles. The van der Waals surface area contributed by atoms with Crippen LogP contribution in [0.15, 0.2) is 70.5 Å². The number of benzene rings is 3. The fourth-order valence-electron chi connectivity index (χ4n) is 2.95. The lowest BCUT2D eigenvalue weighted by atomic mass is 10.1. The van der Waals surface area contributed by atoms with Gasteiger partial charge in [0, 0.05) is 46.7 Å². The van der Waals surface area contributed by atoms with Crippen molar-refractivity contribution < 1.29 is 24.3 Å². The first-order chi connectivity index (χ1) is 15.9. The highest BCUT2D eigenvalue weighted by Crippen LogP contribution is 2.35. The number of rotatable bonds is 10. The summed E-state index contributed by atoms with van der Waals surface area (Å²) in [7, 11) is 1.49. The molecule has 0 heterocycles. The molecule has 33 heavy (non-hydrogen) atoms. The van der Waals surface area contributed by atoms with Crippen LogP contribution in [0, 0.1) is 10.1 Å². The van der Waals surface area contributed by atoms with E-state index in [-0.39, 0.29) is 23.5 Å². The number of nitro groups is 1. The Hall–Kier alpha value is -3.76. The first-order valence-electron chi connectivity index (χ1n) is 9.96. The van der Waals surface area contributed by atoms with Gasteiger partial charge in [-0.3, -0.25) is 14.9 Å². The van der Waals surface area contributed by atoms with Gasteiger partial charge in [-0.2, -0.15) is 0 Å². The third kappa shape index (κ3) is 6.15. The molecule has 0 unspecified atom stereocenters. The number of nitrogen functional groups attached to an aromatic ring is 1. The Bertz CT molecular complexity index is 1140. The van der Waals surface area contributed by atoms with Crippen LogP contribution in [0.3, 0.4) is 0 Å². The summed E-state index contributed by atoms with van der Waals surface area (Å²) in [4.78, 5) is 24.9. The van der Waals surface area contributed by atoms with Gasteiger partial charge < -0.3 is 25.6 Å². The zero-order chi connectivity index (χ0) is 23.8. The maximum Gasteiger partial charge on any atom is 0.269 e. The Kier molecular flexibility index (Phi) is 8.11. The number of nitrogens with one attached hydrogen (secondary N) is 1. The number of nitrogens with zero attached hydrogens (tertiary/aromatic N) is 1. The van der Waals surface area contributed by atoms with Gasteiger partial charge in [-0.25, -0.2) is 0 Å². The number of non-ortho nitro benzene ring substituents is 1. The molecule has 0 spiro atoms. The van der Waals surface area contributed by atoms with Crippen molar-refractivity contribution in [2.75, 3.05) is 31.4 Å². The van der Waals surface area contributed by atoms with E-state index in [4.69, 9.17) is 20.3 Å². The summed E-state index contributed by atoms with van der Waals surface area (Å²) in [5.41, 5.74) is 7.08. The van der Waals surface area contributed by atoms with Gasteiger partial charge >= 0.3 is 0 Å². The fourth-order valence-corrected chi connectivity index (χ4v) is 3.94. The maximum absolute atomic E-state index is 13.2. The van der Waals surface area contributed by atoms with Crippen molar-refractivity contribution in [2.45, 2.75) is 16.2 Å². The van der Waals surface area contributed by atoms with Crippen LogP contribution in [-0.4, -0.2) is 36.3 Å². The number of carbonyl (C=O) groups excluding carboxylic acids is 1. The van der Waals surface area contributed by atoms with Gasteiger partial charge in [0.1, 0.15) is 11.5 Å². The number of nitro benzene ring substituents is 1. The topological polar surface area (TPSA) is 137 Å². The van der Waals surface area contributed by atoms with E-state index in [0.29, 0.717) is 35.1 Å². The largest absolute Gasteiger partial charge is 0.495 e. The lowest BCUT2D eigenvalue weighted by molar-refractivity contribution is -0.384. The van der Waals surface area contributed by atoms with E-state index in [2.05, 4.69) is 5.32 Å². The third-order valence-electron chi connectivity index (χ3n) is 4.55. The SMILES string of the molecule is COc1ccc(OCCCO)cc1NC(=O)c1c(N)cccc1Sc1ccc([N+](=O)[O-])cc1. The van der Waals surface area contributed by atoms with Crippen LogP contribution in [0.2, 0.25) is 0 Å². The molecule has 3 aromatic carbocycles. The second-order valence-electron chi connectivity index (χ2n) is 6.82. The molecule has 0 bridgehead atoms. The van der Waals surface area contributed by atoms with Gasteiger partial charge in [-0.15, -0.1) is 0 Å². The Balaban J connectivity index is 1.85. The summed E-state index contributed by atoms with van der Waals surface area (Å²) >= 11 is 1.27. The van der Waals surface area contributed by atoms with Crippen molar-refractivity contribution in [3.63, 3.8) is 0 Å². The summed E-state index contributed by atoms with van der Waals surface area (Å²) in [5.74, 6) is 0.515. The smallest absolute Gasteiger partial charge is 0.269 e. The highest BCUT2D eigenvalue weighted by atomic mass is 32.2. The molecule has 0 fully saturated rings. The summed E-state index contributed by atoms with van der Waals surface area (Å²) in [6.45, 7) is 0.347. The van der Waals surface area contributed by atoms with E-state index < -0.39 is 10.8 Å². The average Bonchev–Trinajstić information content (AvgIpc) is 2.80. The molecule has 3 rings (SSSR count). The zero-order valence-corrected chi connectivity index (χ0v) is 18.6. The number of anilines is 2. The molecule has 0 saturated carbocycles. The first-order valence-corrected chi connectivity index (χ1v) is 10.8. The molecular formula is C23H23N3O6S. The van der Waals surface area contributed by atoms with E-state index in [1.165, 1.54) is 31.0 Å². The normalized spacial score (nSPS) is 10.5. The summed E-state index contributed by atoms with van der Waals surface area (Å²) in [6.07, 6.45) is 0.484. The standard InChI is InChI=1S/C23H23N3O6S/c1-31-20-11-8-16(32-13-3-12-27)14-19(20)25-23(28)22-18(24)4-2-5-21(22)33-17-9-6-15(7-10-17)26(29)30/h2,4-11,14,27H,3,12-13,24H2,1H3,(H,25,28). The van der Waals surface area contributed by atoms with E-state index in [9.17, 15) is 14.9 Å². The van der Waals surface area contributed by atoms with Crippen LogP contribution in [0.5, 0.6) is 11.5 Å². The molecule has 10 heteroatoms. The number of nitrogens with two attached hydrogens (primary N) is 1. The number of aliphatic hydroxyl groups excluding tert-OH is 1. The van der Waals surface area contributed by atoms with Gasteiger partial charge in [0.05, 0.1) is 29.9 Å². The Morgan fingerprint density at radius 1 is 1.18 bits per heavy atom. The first kappa shape index (κ1) is 23.9. The fraction of sp³-hybridized carbons (Fsp3) is 0.174. The zero-order valence-electron chi connectivity index (χ0n) is 17.8. The second-order valence-corrected chi connectivity index (χ2v) is 7.93. The van der Waals surface area contributed by atoms with Gasteiger partial charge in [-0.05, 0) is 36.4 Å². The predicted molar refractivity (Wildman–Crippen MR) is 126 cm³/mol. The van der Waals surface area contributed by atoms with Crippen LogP contribution >= 0.6 is 11.8 Å². The Labute approximate surface area is 194 Å². The molecule has 0 saturated heterocycles. The molecule has 1 amide bonds. The summed E-state index contributed by atoms with van der Waals surface area (Å²) in [5, 5.41) is 22.6. The number of hydrogen-bond acceptors (Lipinski definition) is 8. The Morgan fingerprint density at radius 3 is 2.61 bits per heavy atom. The van der Waals surface area contributed by atoms with Crippen LogP contribution in [0.4, 0.5) is 17.1 Å². The minimum Gasteiger partial charge on any atom is -0.495 e. The quantitative estimate of drug-likeness (QED) is 0.172. The van der Waals surface area contributed by atoms with Crippen molar-refractivity contribution in [1.29, 1.82) is 0 Å². The maximum atomic E-state index is 13.2. The molecule has 0 atom stereocenters. The van der Waals surface area contributed by atoms with Crippen molar-refractivity contribution in [3.05, 3.63) is 76.3 Å². The van der Waals surface area contributed by atoms with Crippen LogP contribution < -0.4 is 20.5 Å². The highest BCUT2D eigenvalue weighted by Gasteiger charge is 2.18. The minimum absolute atomic E-state index is 0.0157. The third-order valence-corrected chi connectivity index (χ3v) is 5.62. The molecule has 4 N–H and O–H groups in total. The Morgan fingerprint density at radius 2 is 1.94 bits per heavy atom. The predicted octanol–water partition coefficient (Wildman–Crippen LogP) is 4.35. The summed E-state index contributed by atoms with van der Waals surface area (Å²) < 4.78 is 10.9. The van der Waals surface area contributed by atoms with Crippen LogP contribution in [0.1, 0.15) is 16.8 Å². The van der Waals surface area contributed by atoms with Crippen molar-refractivity contribution in [3.8, 4) is 11.5 Å².